The van der Waals surface area contributed by atoms with Crippen LogP contribution in [-0.4, -0.2) is 25.5 Å². The first kappa shape index (κ1) is 16.1. The van der Waals surface area contributed by atoms with E-state index >= 15 is 0 Å². The van der Waals surface area contributed by atoms with E-state index in [9.17, 15) is 13.2 Å². The summed E-state index contributed by atoms with van der Waals surface area (Å²) >= 11 is 3.16. The Balaban J connectivity index is 3.17. The fourth-order valence-electron chi connectivity index (χ4n) is 1.52. The normalized spacial score (nSPS) is 13.5. The second-order valence-corrected chi connectivity index (χ2v) is 7.15. The maximum atomic E-state index is 12.2. The molecule has 0 fully saturated rings. The minimum atomic E-state index is -3.88. The molecule has 0 amide bonds. The number of aliphatic carboxylic acids is 1. The van der Waals surface area contributed by atoms with Crippen LogP contribution in [0.2, 0.25) is 0 Å². The molecule has 5 nitrogen and oxygen atoms in total. The number of carboxylic acid groups (broad SMARTS) is 1. The molecular formula is C12H16BrNO4S. The molecule has 0 aliphatic heterocycles. The van der Waals surface area contributed by atoms with Crippen LogP contribution in [0.5, 0.6) is 0 Å². The van der Waals surface area contributed by atoms with Crippen LogP contribution in [0.15, 0.2) is 27.6 Å². The zero-order chi connectivity index (χ0) is 14.8. The lowest BCUT2D eigenvalue weighted by molar-refractivity contribution is -0.140. The van der Waals surface area contributed by atoms with Gasteiger partial charge in [0.1, 0.15) is 6.04 Å². The summed E-state index contributed by atoms with van der Waals surface area (Å²) < 4.78 is 27.1. The predicted molar refractivity (Wildman–Crippen MR) is 75.5 cm³/mol. The van der Waals surface area contributed by atoms with E-state index in [2.05, 4.69) is 20.7 Å². The molecule has 7 heteroatoms. The van der Waals surface area contributed by atoms with Gasteiger partial charge in [0, 0.05) is 4.47 Å². The van der Waals surface area contributed by atoms with Gasteiger partial charge in [0.2, 0.25) is 10.0 Å². The van der Waals surface area contributed by atoms with Gasteiger partial charge in [-0.25, -0.2) is 8.42 Å². The maximum absolute atomic E-state index is 12.2. The van der Waals surface area contributed by atoms with Crippen LogP contribution in [0.25, 0.3) is 0 Å². The first-order valence-corrected chi connectivity index (χ1v) is 7.94. The number of benzene rings is 1. The summed E-state index contributed by atoms with van der Waals surface area (Å²) in [6.07, 6.45) is 0. The van der Waals surface area contributed by atoms with Gasteiger partial charge in [0.05, 0.1) is 4.90 Å². The molecule has 0 spiro atoms. The minimum Gasteiger partial charge on any atom is -0.480 e. The SMILES string of the molecule is Cc1ccc(Br)c(S(=O)(=O)N[C@@H](C(=O)O)C(C)C)c1. The average molecular weight is 350 g/mol. The van der Waals surface area contributed by atoms with Gasteiger partial charge in [-0.15, -0.1) is 0 Å². The molecular weight excluding hydrogens is 334 g/mol. The van der Waals surface area contributed by atoms with Gasteiger partial charge in [-0.2, -0.15) is 4.72 Å². The Morgan fingerprint density at radius 2 is 1.95 bits per heavy atom. The van der Waals surface area contributed by atoms with Crippen molar-refractivity contribution in [3.63, 3.8) is 0 Å². The van der Waals surface area contributed by atoms with Crippen molar-refractivity contribution in [3.8, 4) is 0 Å². The van der Waals surface area contributed by atoms with Gasteiger partial charge in [0.15, 0.2) is 0 Å². The fourth-order valence-corrected chi connectivity index (χ4v) is 3.90. The van der Waals surface area contributed by atoms with E-state index in [1.54, 1.807) is 32.9 Å². The van der Waals surface area contributed by atoms with E-state index in [4.69, 9.17) is 5.11 Å². The van der Waals surface area contributed by atoms with Crippen LogP contribution in [0, 0.1) is 12.8 Å². The van der Waals surface area contributed by atoms with Gasteiger partial charge < -0.3 is 5.11 Å². The van der Waals surface area contributed by atoms with Gasteiger partial charge in [-0.3, -0.25) is 4.79 Å². The standard InChI is InChI=1S/C12H16BrNO4S/c1-7(2)11(12(15)16)14-19(17,18)10-6-8(3)4-5-9(10)13/h4-7,11,14H,1-3H3,(H,15,16)/t11-/m1/s1. The Labute approximate surface area is 121 Å². The van der Waals surface area contributed by atoms with Gasteiger partial charge in [0.25, 0.3) is 0 Å². The molecule has 0 aliphatic carbocycles. The number of hydrogen-bond acceptors (Lipinski definition) is 3. The van der Waals surface area contributed by atoms with Gasteiger partial charge >= 0.3 is 5.97 Å². The molecule has 0 radical (unpaired) electrons. The Morgan fingerprint density at radius 3 is 2.42 bits per heavy atom. The Hall–Kier alpha value is -0.920. The van der Waals surface area contributed by atoms with E-state index in [1.807, 2.05) is 0 Å². The average Bonchev–Trinajstić information content (AvgIpc) is 2.28. The van der Waals surface area contributed by atoms with Gasteiger partial charge in [-0.05, 0) is 46.5 Å². The molecule has 0 saturated carbocycles. The Kier molecular flexibility index (Phi) is 5.11. The van der Waals surface area contributed by atoms with Crippen molar-refractivity contribution in [2.45, 2.75) is 31.7 Å². The number of carboxylic acids is 1. The lowest BCUT2D eigenvalue weighted by atomic mass is 10.1. The first-order valence-electron chi connectivity index (χ1n) is 5.66. The van der Waals surface area contributed by atoms with Gasteiger partial charge in [-0.1, -0.05) is 19.9 Å². The minimum absolute atomic E-state index is 0.0411. The van der Waals surface area contributed by atoms with E-state index < -0.39 is 22.0 Å². The largest absolute Gasteiger partial charge is 0.480 e. The number of sulfonamides is 1. The number of hydrogen-bond donors (Lipinski definition) is 2. The topological polar surface area (TPSA) is 83.5 Å². The summed E-state index contributed by atoms with van der Waals surface area (Å²) in [5.41, 5.74) is 0.778. The zero-order valence-corrected chi connectivity index (χ0v) is 13.2. The number of rotatable bonds is 5. The van der Waals surface area contributed by atoms with Crippen molar-refractivity contribution >= 4 is 31.9 Å². The number of carbonyl (C=O) groups is 1. The highest BCUT2D eigenvalue weighted by molar-refractivity contribution is 9.10. The first-order chi connectivity index (χ1) is 8.65. The molecule has 0 aromatic heterocycles. The lowest BCUT2D eigenvalue weighted by Gasteiger charge is -2.18. The molecule has 1 atom stereocenters. The number of nitrogens with one attached hydrogen (secondary N) is 1. The highest BCUT2D eigenvalue weighted by Gasteiger charge is 2.29. The summed E-state index contributed by atoms with van der Waals surface area (Å²) in [7, 11) is -3.88. The molecule has 1 aromatic carbocycles. The van der Waals surface area contributed by atoms with E-state index in [1.165, 1.54) is 6.07 Å². The summed E-state index contributed by atoms with van der Waals surface area (Å²) in [5.74, 6) is -1.54. The third kappa shape index (κ3) is 4.02. The third-order valence-corrected chi connectivity index (χ3v) is 5.03. The Bertz CT molecular complexity index is 583. The second kappa shape index (κ2) is 6.02. The number of halogens is 1. The molecule has 0 bridgehead atoms. The van der Waals surface area contributed by atoms with E-state index in [0.29, 0.717) is 4.47 Å². The molecule has 1 rings (SSSR count). The van der Waals surface area contributed by atoms with Crippen LogP contribution >= 0.6 is 15.9 Å². The van der Waals surface area contributed by atoms with Crippen molar-refractivity contribution in [2.75, 3.05) is 0 Å². The molecule has 0 saturated heterocycles. The van der Waals surface area contributed by atoms with E-state index in [-0.39, 0.29) is 10.8 Å². The monoisotopic (exact) mass is 349 g/mol. The van der Waals surface area contributed by atoms with Crippen molar-refractivity contribution < 1.29 is 18.3 Å². The lowest BCUT2D eigenvalue weighted by Crippen LogP contribution is -2.44. The Morgan fingerprint density at radius 1 is 1.37 bits per heavy atom. The number of aryl methyl sites for hydroxylation is 1. The van der Waals surface area contributed by atoms with E-state index in [0.717, 1.165) is 5.56 Å². The zero-order valence-electron chi connectivity index (χ0n) is 10.8. The molecule has 0 aliphatic rings. The molecule has 0 unspecified atom stereocenters. The summed E-state index contributed by atoms with van der Waals surface area (Å²) in [6, 6.07) is 3.72. The highest BCUT2D eigenvalue weighted by Crippen LogP contribution is 2.23. The van der Waals surface area contributed by atoms with Crippen molar-refractivity contribution in [1.82, 2.24) is 4.72 Å². The third-order valence-electron chi connectivity index (χ3n) is 2.59. The molecule has 106 valence electrons. The maximum Gasteiger partial charge on any atom is 0.322 e. The predicted octanol–water partition coefficient (Wildman–Crippen LogP) is 2.15. The quantitative estimate of drug-likeness (QED) is 0.852. The highest BCUT2D eigenvalue weighted by atomic mass is 79.9. The van der Waals surface area contributed by atoms with Crippen LogP contribution < -0.4 is 4.72 Å². The molecule has 2 N–H and O–H groups in total. The summed E-state index contributed by atoms with van der Waals surface area (Å²) in [6.45, 7) is 5.06. The molecule has 19 heavy (non-hydrogen) atoms. The van der Waals surface area contributed by atoms with Crippen molar-refractivity contribution in [2.24, 2.45) is 5.92 Å². The molecule has 1 aromatic rings. The van der Waals surface area contributed by atoms with Crippen molar-refractivity contribution in [1.29, 1.82) is 0 Å². The van der Waals surface area contributed by atoms with Crippen LogP contribution in [0.3, 0.4) is 0 Å². The second-order valence-electron chi connectivity index (χ2n) is 4.62. The fraction of sp³-hybridized carbons (Fsp3) is 0.417. The smallest absolute Gasteiger partial charge is 0.322 e. The van der Waals surface area contributed by atoms with Crippen molar-refractivity contribution in [3.05, 3.63) is 28.2 Å². The van der Waals surface area contributed by atoms with Crippen LogP contribution in [-0.2, 0) is 14.8 Å². The summed E-state index contributed by atoms with van der Waals surface area (Å²) in [5, 5.41) is 9.04. The molecule has 0 heterocycles. The van der Waals surface area contributed by atoms with Crippen LogP contribution in [0.1, 0.15) is 19.4 Å². The summed E-state index contributed by atoms with van der Waals surface area (Å²) in [4.78, 5) is 11.1. The van der Waals surface area contributed by atoms with Crippen LogP contribution in [0.4, 0.5) is 0 Å².